The molecule has 0 radical (unpaired) electrons. The van der Waals surface area contributed by atoms with Crippen LogP contribution in [-0.2, 0) is 4.79 Å². The molecule has 1 aliphatic carbocycles. The van der Waals surface area contributed by atoms with Crippen LogP contribution in [0.15, 0.2) is 0 Å². The van der Waals surface area contributed by atoms with Gasteiger partial charge in [-0.05, 0) is 19.3 Å². The van der Waals surface area contributed by atoms with Crippen LogP contribution in [0, 0.1) is 22.2 Å². The van der Waals surface area contributed by atoms with Gasteiger partial charge in [-0.2, -0.15) is 5.26 Å². The van der Waals surface area contributed by atoms with Crippen molar-refractivity contribution in [3.63, 3.8) is 0 Å². The van der Waals surface area contributed by atoms with Crippen molar-refractivity contribution in [2.75, 3.05) is 0 Å². The number of rotatable bonds is 2. The van der Waals surface area contributed by atoms with Gasteiger partial charge in [0.1, 0.15) is 5.41 Å². The topological polar surface area (TPSA) is 40.9 Å². The van der Waals surface area contributed by atoms with Crippen LogP contribution >= 0.6 is 0 Å². The quantitative estimate of drug-likeness (QED) is 0.676. The molecule has 0 aromatic heterocycles. The zero-order chi connectivity index (χ0) is 10.8. The predicted octanol–water partition coefficient (Wildman–Crippen LogP) is 3.08. The lowest BCUT2D eigenvalue weighted by molar-refractivity contribution is -0.138. The number of hydrogen-bond acceptors (Lipinski definition) is 2. The molecule has 0 heterocycles. The van der Waals surface area contributed by atoms with Gasteiger partial charge in [-0.25, -0.2) is 0 Å². The number of carbonyl (C=O) groups excluding carboxylic acids is 1. The number of nitriles is 1. The molecule has 0 aromatic carbocycles. The van der Waals surface area contributed by atoms with Gasteiger partial charge < -0.3 is 0 Å². The van der Waals surface area contributed by atoms with Crippen molar-refractivity contribution in [3.05, 3.63) is 0 Å². The van der Waals surface area contributed by atoms with Gasteiger partial charge in [-0.1, -0.05) is 33.6 Å². The van der Waals surface area contributed by atoms with Gasteiger partial charge in [0.2, 0.25) is 0 Å². The summed E-state index contributed by atoms with van der Waals surface area (Å²) >= 11 is 0. The largest absolute Gasteiger partial charge is 0.297 e. The van der Waals surface area contributed by atoms with Crippen LogP contribution in [0.3, 0.4) is 0 Å². The van der Waals surface area contributed by atoms with Crippen molar-refractivity contribution in [1.82, 2.24) is 0 Å². The first kappa shape index (κ1) is 11.2. The zero-order valence-corrected chi connectivity index (χ0v) is 9.39. The van der Waals surface area contributed by atoms with Crippen LogP contribution in [0.2, 0.25) is 0 Å². The van der Waals surface area contributed by atoms with Gasteiger partial charge in [0, 0.05) is 5.41 Å². The average Bonchev–Trinajstić information content (AvgIpc) is 2.13. The maximum absolute atomic E-state index is 12.2. The molecule has 1 atom stereocenters. The Hall–Kier alpha value is -0.840. The molecule has 1 fully saturated rings. The third-order valence-corrected chi connectivity index (χ3v) is 3.35. The van der Waals surface area contributed by atoms with E-state index in [2.05, 4.69) is 6.07 Å². The van der Waals surface area contributed by atoms with Crippen molar-refractivity contribution in [3.8, 4) is 6.07 Å². The third-order valence-electron chi connectivity index (χ3n) is 3.35. The molecule has 1 unspecified atom stereocenters. The highest BCUT2D eigenvalue weighted by Crippen LogP contribution is 2.45. The van der Waals surface area contributed by atoms with E-state index in [0.717, 1.165) is 32.1 Å². The van der Waals surface area contributed by atoms with Crippen molar-refractivity contribution >= 4 is 5.78 Å². The maximum atomic E-state index is 12.2. The molecule has 0 spiro atoms. The van der Waals surface area contributed by atoms with E-state index in [1.165, 1.54) is 0 Å². The van der Waals surface area contributed by atoms with Crippen LogP contribution in [0.25, 0.3) is 0 Å². The number of ketones is 1. The highest BCUT2D eigenvalue weighted by Gasteiger charge is 2.48. The standard InChI is InChI=1S/C12H19NO/c1-4-6-12(9-13)8-5-7-11(2,3)10(12)14/h4-8H2,1-3H3. The van der Waals surface area contributed by atoms with E-state index in [9.17, 15) is 10.1 Å². The third kappa shape index (κ3) is 1.68. The van der Waals surface area contributed by atoms with Gasteiger partial charge >= 0.3 is 0 Å². The molecule has 0 amide bonds. The Morgan fingerprint density at radius 1 is 1.43 bits per heavy atom. The minimum atomic E-state index is -0.670. The van der Waals surface area contributed by atoms with E-state index < -0.39 is 5.41 Å². The second kappa shape index (κ2) is 3.73. The van der Waals surface area contributed by atoms with E-state index in [4.69, 9.17) is 0 Å². The molecule has 1 aliphatic rings. The van der Waals surface area contributed by atoms with Gasteiger partial charge in [0.15, 0.2) is 5.78 Å². The Kier molecular flexibility index (Phi) is 2.99. The van der Waals surface area contributed by atoms with Crippen LogP contribution in [0.5, 0.6) is 0 Å². The lowest BCUT2D eigenvalue weighted by Crippen LogP contribution is -2.43. The SMILES string of the molecule is CCCC1(C#N)CCCC(C)(C)C1=O. The molecular formula is C12H19NO. The lowest BCUT2D eigenvalue weighted by Gasteiger charge is -2.38. The minimum Gasteiger partial charge on any atom is -0.297 e. The number of nitrogens with zero attached hydrogens (tertiary/aromatic N) is 1. The summed E-state index contributed by atoms with van der Waals surface area (Å²) in [5, 5.41) is 9.20. The monoisotopic (exact) mass is 193 g/mol. The molecule has 0 aliphatic heterocycles. The van der Waals surface area contributed by atoms with E-state index in [1.807, 2.05) is 20.8 Å². The smallest absolute Gasteiger partial charge is 0.158 e. The van der Waals surface area contributed by atoms with Crippen molar-refractivity contribution in [2.24, 2.45) is 10.8 Å². The number of Topliss-reactive ketones (excluding diaryl/α,β-unsaturated/α-hetero) is 1. The van der Waals surface area contributed by atoms with Gasteiger partial charge in [0.25, 0.3) is 0 Å². The predicted molar refractivity (Wildman–Crippen MR) is 55.6 cm³/mol. The molecule has 14 heavy (non-hydrogen) atoms. The average molecular weight is 193 g/mol. The van der Waals surface area contributed by atoms with Gasteiger partial charge in [-0.3, -0.25) is 4.79 Å². The molecule has 0 N–H and O–H groups in total. The van der Waals surface area contributed by atoms with Crippen LogP contribution in [0.4, 0.5) is 0 Å². The molecule has 0 aromatic rings. The Bertz CT molecular complexity index is 271. The van der Waals surface area contributed by atoms with E-state index in [-0.39, 0.29) is 11.2 Å². The summed E-state index contributed by atoms with van der Waals surface area (Å²) in [7, 11) is 0. The van der Waals surface area contributed by atoms with Crippen molar-refractivity contribution in [2.45, 2.75) is 52.9 Å². The first-order chi connectivity index (χ1) is 6.48. The Morgan fingerprint density at radius 3 is 2.57 bits per heavy atom. The van der Waals surface area contributed by atoms with Gasteiger partial charge in [0.05, 0.1) is 6.07 Å². The fourth-order valence-electron chi connectivity index (χ4n) is 2.53. The summed E-state index contributed by atoms with van der Waals surface area (Å²) in [4.78, 5) is 12.2. The number of hydrogen-bond donors (Lipinski definition) is 0. The maximum Gasteiger partial charge on any atom is 0.158 e. The lowest BCUT2D eigenvalue weighted by atomic mass is 9.61. The highest BCUT2D eigenvalue weighted by atomic mass is 16.1. The first-order valence-corrected chi connectivity index (χ1v) is 5.45. The van der Waals surface area contributed by atoms with Crippen LogP contribution in [-0.4, -0.2) is 5.78 Å². The van der Waals surface area contributed by atoms with E-state index in [1.54, 1.807) is 0 Å². The Labute approximate surface area is 86.3 Å². The molecule has 1 saturated carbocycles. The molecule has 2 heteroatoms. The molecule has 0 bridgehead atoms. The zero-order valence-electron chi connectivity index (χ0n) is 9.39. The normalized spacial score (nSPS) is 31.1. The van der Waals surface area contributed by atoms with Crippen molar-refractivity contribution in [1.29, 1.82) is 5.26 Å². The van der Waals surface area contributed by atoms with E-state index >= 15 is 0 Å². The first-order valence-electron chi connectivity index (χ1n) is 5.45. The second-order valence-corrected chi connectivity index (χ2v) is 5.01. The second-order valence-electron chi connectivity index (χ2n) is 5.01. The molecule has 1 rings (SSSR count). The van der Waals surface area contributed by atoms with Crippen LogP contribution < -0.4 is 0 Å². The molecule has 78 valence electrons. The summed E-state index contributed by atoms with van der Waals surface area (Å²) in [6.07, 6.45) is 4.34. The molecule has 2 nitrogen and oxygen atoms in total. The van der Waals surface area contributed by atoms with Crippen molar-refractivity contribution < 1.29 is 4.79 Å². The fraction of sp³-hybridized carbons (Fsp3) is 0.833. The number of carbonyl (C=O) groups is 1. The highest BCUT2D eigenvalue weighted by molar-refractivity contribution is 5.92. The summed E-state index contributed by atoms with van der Waals surface area (Å²) in [5.41, 5.74) is -0.959. The van der Waals surface area contributed by atoms with E-state index in [0.29, 0.717) is 0 Å². The Balaban J connectivity index is 2.97. The fourth-order valence-corrected chi connectivity index (χ4v) is 2.53. The summed E-state index contributed by atoms with van der Waals surface area (Å²) < 4.78 is 0. The minimum absolute atomic E-state index is 0.167. The van der Waals surface area contributed by atoms with Gasteiger partial charge in [-0.15, -0.1) is 0 Å². The Morgan fingerprint density at radius 2 is 2.07 bits per heavy atom. The summed E-state index contributed by atoms with van der Waals surface area (Å²) in [6, 6.07) is 2.27. The summed E-state index contributed by atoms with van der Waals surface area (Å²) in [6.45, 7) is 5.97. The molecule has 0 saturated heterocycles. The van der Waals surface area contributed by atoms with Crippen LogP contribution in [0.1, 0.15) is 52.9 Å². The molecular weight excluding hydrogens is 174 g/mol. The summed E-state index contributed by atoms with van der Waals surface area (Å²) in [5.74, 6) is 0.167.